The Bertz CT molecular complexity index is 421. The molecule has 1 rings (SSSR count). The number of hydrogen-bond donors (Lipinski definition) is 0. The molecule has 0 aliphatic carbocycles. The van der Waals surface area contributed by atoms with Crippen molar-refractivity contribution < 1.29 is 14.3 Å². The highest BCUT2D eigenvalue weighted by molar-refractivity contribution is 6.01. The van der Waals surface area contributed by atoms with Crippen LogP contribution in [0.15, 0.2) is 34.9 Å². The van der Waals surface area contributed by atoms with Crippen LogP contribution in [0, 0.1) is 0 Å². The lowest BCUT2D eigenvalue weighted by molar-refractivity contribution is -0.136. The van der Waals surface area contributed by atoms with Crippen LogP contribution < -0.4 is 0 Å². The van der Waals surface area contributed by atoms with E-state index in [9.17, 15) is 9.59 Å². The topological polar surface area (TPSA) is 43.4 Å². The molecule has 1 heterocycles. The van der Waals surface area contributed by atoms with Gasteiger partial charge in [-0.15, -0.1) is 0 Å². The van der Waals surface area contributed by atoms with Gasteiger partial charge in [-0.05, 0) is 45.8 Å². The van der Waals surface area contributed by atoms with Crippen LogP contribution in [-0.4, -0.2) is 18.4 Å². The number of esters is 1. The molecule has 0 aromatic heterocycles. The summed E-state index contributed by atoms with van der Waals surface area (Å²) in [6.45, 7) is 6.35. The van der Waals surface area contributed by atoms with E-state index in [0.717, 1.165) is 18.4 Å². The molecule has 0 spiro atoms. The van der Waals surface area contributed by atoms with Crippen LogP contribution >= 0.6 is 0 Å². The van der Waals surface area contributed by atoms with Crippen molar-refractivity contribution in [2.24, 2.45) is 0 Å². The summed E-state index contributed by atoms with van der Waals surface area (Å²) in [6.07, 6.45) is 7.43. The zero-order chi connectivity index (χ0) is 13.5. The Morgan fingerprint density at radius 2 is 2.11 bits per heavy atom. The van der Waals surface area contributed by atoms with Crippen LogP contribution in [0.25, 0.3) is 0 Å². The second kappa shape index (κ2) is 6.94. The van der Waals surface area contributed by atoms with Gasteiger partial charge in [-0.25, -0.2) is 4.79 Å². The van der Waals surface area contributed by atoms with Crippen molar-refractivity contribution in [3.05, 3.63) is 34.9 Å². The fourth-order valence-corrected chi connectivity index (χ4v) is 1.71. The molecular weight excluding hydrogens is 228 g/mol. The monoisotopic (exact) mass is 248 g/mol. The van der Waals surface area contributed by atoms with Gasteiger partial charge < -0.3 is 4.74 Å². The van der Waals surface area contributed by atoms with E-state index in [1.165, 1.54) is 5.57 Å². The molecule has 3 heteroatoms. The molecule has 0 atom stereocenters. The molecule has 0 N–H and O–H groups in total. The second-order valence-corrected chi connectivity index (χ2v) is 4.78. The molecule has 1 aliphatic heterocycles. The van der Waals surface area contributed by atoms with E-state index in [0.29, 0.717) is 12.2 Å². The Labute approximate surface area is 108 Å². The number of cyclic esters (lactones) is 1. The van der Waals surface area contributed by atoms with E-state index in [1.54, 1.807) is 12.2 Å². The highest BCUT2D eigenvalue weighted by Gasteiger charge is 2.18. The molecule has 0 bridgehead atoms. The zero-order valence-corrected chi connectivity index (χ0v) is 11.3. The molecule has 3 nitrogen and oxygen atoms in total. The van der Waals surface area contributed by atoms with Gasteiger partial charge in [0.25, 0.3) is 0 Å². The summed E-state index contributed by atoms with van der Waals surface area (Å²) in [6, 6.07) is 0. The Balaban J connectivity index is 2.42. The quantitative estimate of drug-likeness (QED) is 0.412. The van der Waals surface area contributed by atoms with E-state index in [2.05, 4.69) is 19.9 Å². The Kier molecular flexibility index (Phi) is 5.56. The molecule has 0 amide bonds. The molecule has 0 unspecified atom stereocenters. The normalized spacial score (nSPS) is 15.2. The largest absolute Gasteiger partial charge is 0.458 e. The number of hydrogen-bond acceptors (Lipinski definition) is 3. The third-order valence-corrected chi connectivity index (χ3v) is 2.67. The van der Waals surface area contributed by atoms with Gasteiger partial charge in [0.2, 0.25) is 0 Å². The van der Waals surface area contributed by atoms with Crippen LogP contribution in [0.5, 0.6) is 0 Å². The SMILES string of the molecule is CC(C)=CCC/C(C)=C/C(=O)CC1=CCOC1=O. The molecule has 1 aliphatic rings. The third kappa shape index (κ3) is 5.13. The lowest BCUT2D eigenvalue weighted by Crippen LogP contribution is -2.04. The standard InChI is InChI=1S/C15H20O3/c1-11(2)5-4-6-12(3)9-14(16)10-13-7-8-18-15(13)17/h5,7,9H,4,6,8,10H2,1-3H3/b12-9+. The van der Waals surface area contributed by atoms with Gasteiger partial charge in [-0.3, -0.25) is 4.79 Å². The number of ether oxygens (including phenoxy) is 1. The van der Waals surface area contributed by atoms with Crippen molar-refractivity contribution in [2.75, 3.05) is 6.61 Å². The number of carbonyl (C=O) groups excluding carboxylic acids is 2. The number of ketones is 1. The number of carbonyl (C=O) groups is 2. The van der Waals surface area contributed by atoms with Gasteiger partial charge in [-0.2, -0.15) is 0 Å². The maximum absolute atomic E-state index is 11.7. The maximum atomic E-state index is 11.7. The number of rotatable bonds is 6. The highest BCUT2D eigenvalue weighted by atomic mass is 16.5. The Morgan fingerprint density at radius 1 is 1.39 bits per heavy atom. The first-order valence-electron chi connectivity index (χ1n) is 6.18. The lowest BCUT2D eigenvalue weighted by Gasteiger charge is -2.00. The van der Waals surface area contributed by atoms with E-state index >= 15 is 0 Å². The summed E-state index contributed by atoms with van der Waals surface area (Å²) in [4.78, 5) is 22.9. The minimum absolute atomic E-state index is 0.0326. The van der Waals surface area contributed by atoms with Crippen LogP contribution in [0.2, 0.25) is 0 Å². The first-order valence-corrected chi connectivity index (χ1v) is 6.18. The average molecular weight is 248 g/mol. The summed E-state index contributed by atoms with van der Waals surface area (Å²) in [5, 5.41) is 0. The van der Waals surface area contributed by atoms with Gasteiger partial charge >= 0.3 is 5.97 Å². The molecule has 18 heavy (non-hydrogen) atoms. The second-order valence-electron chi connectivity index (χ2n) is 4.78. The summed E-state index contributed by atoms with van der Waals surface area (Å²) in [7, 11) is 0. The van der Waals surface area contributed by atoms with E-state index in [-0.39, 0.29) is 18.2 Å². The molecule has 0 fully saturated rings. The van der Waals surface area contributed by atoms with Crippen LogP contribution in [0.3, 0.4) is 0 Å². The van der Waals surface area contributed by atoms with Crippen LogP contribution in [0.1, 0.15) is 40.0 Å². The van der Waals surface area contributed by atoms with Crippen LogP contribution in [0.4, 0.5) is 0 Å². The molecule has 0 aromatic rings. The van der Waals surface area contributed by atoms with Gasteiger partial charge in [0.05, 0.1) is 0 Å². The summed E-state index contributed by atoms with van der Waals surface area (Å²) in [5.41, 5.74) is 2.81. The first-order chi connectivity index (χ1) is 8.49. The van der Waals surface area contributed by atoms with Crippen molar-refractivity contribution in [3.63, 3.8) is 0 Å². The summed E-state index contributed by atoms with van der Waals surface area (Å²) in [5.74, 6) is -0.395. The van der Waals surface area contributed by atoms with Crippen molar-refractivity contribution in [1.82, 2.24) is 0 Å². The van der Waals surface area contributed by atoms with Gasteiger partial charge in [0, 0.05) is 12.0 Å². The first kappa shape index (κ1) is 14.4. The predicted molar refractivity (Wildman–Crippen MR) is 71.1 cm³/mol. The van der Waals surface area contributed by atoms with Crippen molar-refractivity contribution in [1.29, 1.82) is 0 Å². The fraction of sp³-hybridized carbons (Fsp3) is 0.467. The van der Waals surface area contributed by atoms with Crippen LogP contribution in [-0.2, 0) is 14.3 Å². The third-order valence-electron chi connectivity index (χ3n) is 2.67. The predicted octanol–water partition coefficient (Wildman–Crippen LogP) is 3.12. The number of allylic oxidation sites excluding steroid dienone is 4. The summed E-state index contributed by atoms with van der Waals surface area (Å²) >= 11 is 0. The van der Waals surface area contributed by atoms with E-state index < -0.39 is 0 Å². The minimum atomic E-state index is -0.362. The van der Waals surface area contributed by atoms with Gasteiger partial charge in [-0.1, -0.05) is 17.2 Å². The lowest BCUT2D eigenvalue weighted by atomic mass is 10.1. The average Bonchev–Trinajstić information content (AvgIpc) is 2.63. The molecule has 0 radical (unpaired) electrons. The molecule has 98 valence electrons. The van der Waals surface area contributed by atoms with Crippen molar-refractivity contribution >= 4 is 11.8 Å². The van der Waals surface area contributed by atoms with Crippen molar-refractivity contribution in [2.45, 2.75) is 40.0 Å². The fourth-order valence-electron chi connectivity index (χ4n) is 1.71. The maximum Gasteiger partial charge on any atom is 0.334 e. The molecular formula is C15H20O3. The summed E-state index contributed by atoms with van der Waals surface area (Å²) < 4.78 is 4.75. The van der Waals surface area contributed by atoms with Gasteiger partial charge in [0.1, 0.15) is 6.61 Å². The highest BCUT2D eigenvalue weighted by Crippen LogP contribution is 2.13. The smallest absolute Gasteiger partial charge is 0.334 e. The van der Waals surface area contributed by atoms with E-state index in [4.69, 9.17) is 4.74 Å². The molecule has 0 saturated heterocycles. The Morgan fingerprint density at radius 3 is 2.67 bits per heavy atom. The zero-order valence-electron chi connectivity index (χ0n) is 11.3. The molecule has 0 aromatic carbocycles. The Hall–Kier alpha value is -1.64. The van der Waals surface area contributed by atoms with E-state index in [1.807, 2.05) is 6.92 Å². The molecule has 0 saturated carbocycles. The minimum Gasteiger partial charge on any atom is -0.458 e. The van der Waals surface area contributed by atoms with Crippen molar-refractivity contribution in [3.8, 4) is 0 Å². The van der Waals surface area contributed by atoms with Gasteiger partial charge in [0.15, 0.2) is 5.78 Å².